The number of carbonyl (C=O) groups excluding carboxylic acids is 2. The molecule has 4 rings (SSSR count). The van der Waals surface area contributed by atoms with Gasteiger partial charge in [-0.2, -0.15) is 0 Å². The first kappa shape index (κ1) is 24.3. The second-order valence-corrected chi connectivity index (χ2v) is 8.89. The topological polar surface area (TPSA) is 114 Å². The maximum Gasteiger partial charge on any atom is 0.407 e. The molecule has 1 heterocycles. The quantitative estimate of drug-likeness (QED) is 0.505. The molecule has 1 aliphatic heterocycles. The highest BCUT2D eigenvalue weighted by Gasteiger charge is 2.41. The molecule has 0 saturated carbocycles. The van der Waals surface area contributed by atoms with Gasteiger partial charge in [0.25, 0.3) is 0 Å². The van der Waals surface area contributed by atoms with Gasteiger partial charge >= 0.3 is 12.1 Å². The minimum Gasteiger partial charge on any atom is -0.481 e. The summed E-state index contributed by atoms with van der Waals surface area (Å²) in [7, 11) is 0. The van der Waals surface area contributed by atoms with Crippen LogP contribution >= 0.6 is 0 Å². The zero-order valence-corrected chi connectivity index (χ0v) is 19.3. The van der Waals surface area contributed by atoms with Gasteiger partial charge in [-0.15, -0.1) is 12.3 Å². The molecule has 0 spiro atoms. The molecule has 2 aromatic rings. The Bertz CT molecular complexity index is 1100. The van der Waals surface area contributed by atoms with Crippen molar-refractivity contribution in [2.75, 3.05) is 26.4 Å². The number of amides is 2. The fourth-order valence-electron chi connectivity index (χ4n) is 4.73. The Kier molecular flexibility index (Phi) is 7.37. The molecular formula is C27H28N2O6. The third-order valence-electron chi connectivity index (χ3n) is 6.65. The van der Waals surface area contributed by atoms with Crippen LogP contribution in [0.4, 0.5) is 4.79 Å². The molecule has 2 aromatic carbocycles. The summed E-state index contributed by atoms with van der Waals surface area (Å²) in [5.74, 6) is 0.661. The molecule has 1 saturated heterocycles. The molecule has 35 heavy (non-hydrogen) atoms. The smallest absolute Gasteiger partial charge is 0.407 e. The van der Waals surface area contributed by atoms with Gasteiger partial charge in [0.2, 0.25) is 5.91 Å². The number of alkyl carbamates (subject to hydrolysis) is 1. The van der Waals surface area contributed by atoms with Gasteiger partial charge in [-0.3, -0.25) is 9.59 Å². The molecule has 0 aromatic heterocycles. The minimum atomic E-state index is -1.20. The normalized spacial score (nSPS) is 19.5. The van der Waals surface area contributed by atoms with Crippen LogP contribution in [0.15, 0.2) is 48.5 Å². The summed E-state index contributed by atoms with van der Waals surface area (Å²) in [5.41, 5.74) is 3.18. The average molecular weight is 477 g/mol. The van der Waals surface area contributed by atoms with E-state index in [0.717, 1.165) is 22.3 Å². The van der Waals surface area contributed by atoms with Crippen LogP contribution < -0.4 is 10.6 Å². The van der Waals surface area contributed by atoms with Crippen LogP contribution in [0.5, 0.6) is 0 Å². The van der Waals surface area contributed by atoms with Gasteiger partial charge in [0.1, 0.15) is 18.1 Å². The molecule has 8 nitrogen and oxygen atoms in total. The SMILES string of the molecule is C#CCC(NC(=O)OCC1c2ccccc2-c2ccccc21)C(=O)NCC1(C(=O)O)CCCOC1. The van der Waals surface area contributed by atoms with E-state index in [4.69, 9.17) is 15.9 Å². The van der Waals surface area contributed by atoms with Gasteiger partial charge in [-0.1, -0.05) is 48.5 Å². The Labute approximate surface area is 204 Å². The van der Waals surface area contributed by atoms with Crippen LogP contribution in [0.2, 0.25) is 0 Å². The highest BCUT2D eigenvalue weighted by atomic mass is 16.5. The third kappa shape index (κ3) is 5.15. The predicted octanol–water partition coefficient (Wildman–Crippen LogP) is 2.91. The maximum absolute atomic E-state index is 12.8. The molecule has 0 radical (unpaired) electrons. The van der Waals surface area contributed by atoms with Gasteiger partial charge in [0, 0.05) is 25.5 Å². The summed E-state index contributed by atoms with van der Waals surface area (Å²) in [6.45, 7) is 0.493. The lowest BCUT2D eigenvalue weighted by Crippen LogP contribution is -2.53. The molecule has 1 aliphatic carbocycles. The van der Waals surface area contributed by atoms with Crippen LogP contribution in [0.1, 0.15) is 36.3 Å². The summed E-state index contributed by atoms with van der Waals surface area (Å²) in [6, 6.07) is 14.9. The Morgan fingerprint density at radius 3 is 2.37 bits per heavy atom. The number of rotatable bonds is 8. The van der Waals surface area contributed by atoms with Crippen LogP contribution in [0, 0.1) is 17.8 Å². The lowest BCUT2D eigenvalue weighted by atomic mass is 9.82. The van der Waals surface area contributed by atoms with Crippen molar-refractivity contribution in [1.29, 1.82) is 0 Å². The Morgan fingerprint density at radius 2 is 1.80 bits per heavy atom. The van der Waals surface area contributed by atoms with E-state index in [0.29, 0.717) is 19.4 Å². The number of hydrogen-bond donors (Lipinski definition) is 3. The second-order valence-electron chi connectivity index (χ2n) is 8.89. The van der Waals surface area contributed by atoms with E-state index < -0.39 is 29.4 Å². The van der Waals surface area contributed by atoms with Crippen molar-refractivity contribution in [3.8, 4) is 23.5 Å². The molecule has 2 atom stereocenters. The number of nitrogens with one attached hydrogen (secondary N) is 2. The molecule has 2 unspecified atom stereocenters. The molecule has 8 heteroatoms. The number of fused-ring (bicyclic) bond motifs is 3. The highest BCUT2D eigenvalue weighted by Crippen LogP contribution is 2.44. The molecular weight excluding hydrogens is 448 g/mol. The van der Waals surface area contributed by atoms with Crippen LogP contribution in [-0.4, -0.2) is 55.5 Å². The fraction of sp³-hybridized carbons (Fsp3) is 0.370. The zero-order chi connectivity index (χ0) is 24.8. The Morgan fingerprint density at radius 1 is 1.14 bits per heavy atom. The molecule has 2 amide bonds. The Balaban J connectivity index is 1.37. The number of aliphatic carboxylic acids is 1. The third-order valence-corrected chi connectivity index (χ3v) is 6.65. The van der Waals surface area contributed by atoms with Gasteiger partial charge in [-0.05, 0) is 35.1 Å². The minimum absolute atomic E-state index is 0.0161. The molecule has 182 valence electrons. The lowest BCUT2D eigenvalue weighted by molar-refractivity contribution is -0.157. The Hall–Kier alpha value is -3.83. The number of hydrogen-bond acceptors (Lipinski definition) is 5. The monoisotopic (exact) mass is 476 g/mol. The number of carbonyl (C=O) groups is 3. The molecule has 3 N–H and O–H groups in total. The van der Waals surface area contributed by atoms with Crippen molar-refractivity contribution in [3.05, 3.63) is 59.7 Å². The number of carboxylic acids is 1. The van der Waals surface area contributed by atoms with Crippen LogP contribution in [-0.2, 0) is 19.1 Å². The fourth-order valence-corrected chi connectivity index (χ4v) is 4.73. The number of carboxylic acid groups (broad SMARTS) is 1. The van der Waals surface area contributed by atoms with Gasteiger partial charge in [0.05, 0.1) is 6.61 Å². The maximum atomic E-state index is 12.8. The highest BCUT2D eigenvalue weighted by molar-refractivity contribution is 5.87. The lowest BCUT2D eigenvalue weighted by Gasteiger charge is -2.33. The van der Waals surface area contributed by atoms with E-state index in [2.05, 4.69) is 16.6 Å². The summed E-state index contributed by atoms with van der Waals surface area (Å²) >= 11 is 0. The molecule has 1 fully saturated rings. The van der Waals surface area contributed by atoms with Crippen molar-refractivity contribution in [2.24, 2.45) is 5.41 Å². The summed E-state index contributed by atoms with van der Waals surface area (Å²) < 4.78 is 10.8. The summed E-state index contributed by atoms with van der Waals surface area (Å²) in [5, 5.41) is 14.8. The van der Waals surface area contributed by atoms with Gasteiger partial charge in [0.15, 0.2) is 0 Å². The van der Waals surface area contributed by atoms with Crippen LogP contribution in [0.25, 0.3) is 11.1 Å². The number of benzene rings is 2. The van der Waals surface area contributed by atoms with Crippen molar-refractivity contribution in [1.82, 2.24) is 10.6 Å². The van der Waals surface area contributed by atoms with Crippen molar-refractivity contribution in [2.45, 2.75) is 31.2 Å². The molecule has 2 aliphatic rings. The van der Waals surface area contributed by atoms with E-state index in [1.807, 2.05) is 48.5 Å². The van der Waals surface area contributed by atoms with Gasteiger partial charge < -0.3 is 25.2 Å². The van der Waals surface area contributed by atoms with E-state index in [9.17, 15) is 19.5 Å². The first-order chi connectivity index (χ1) is 16.9. The standard InChI is InChI=1S/C27H28N2O6/c1-2-8-23(24(30)28-16-27(25(31)32)13-7-14-34-17-27)29-26(33)35-15-22-20-11-5-3-9-18(20)19-10-4-6-12-21(19)22/h1,3-6,9-12,22-23H,7-8,13-17H2,(H,28,30)(H,29,33)(H,31,32). The van der Waals surface area contributed by atoms with E-state index in [-0.39, 0.29) is 32.1 Å². The first-order valence-corrected chi connectivity index (χ1v) is 11.6. The van der Waals surface area contributed by atoms with E-state index >= 15 is 0 Å². The first-order valence-electron chi connectivity index (χ1n) is 11.6. The van der Waals surface area contributed by atoms with Crippen molar-refractivity contribution < 1.29 is 29.0 Å². The predicted molar refractivity (Wildman–Crippen MR) is 129 cm³/mol. The van der Waals surface area contributed by atoms with Gasteiger partial charge in [-0.25, -0.2) is 4.79 Å². The largest absolute Gasteiger partial charge is 0.481 e. The van der Waals surface area contributed by atoms with Crippen LogP contribution in [0.3, 0.4) is 0 Å². The summed E-state index contributed by atoms with van der Waals surface area (Å²) in [6.07, 6.45) is 5.55. The average Bonchev–Trinajstić information content (AvgIpc) is 3.20. The van der Waals surface area contributed by atoms with E-state index in [1.165, 1.54) is 0 Å². The van der Waals surface area contributed by atoms with Crippen molar-refractivity contribution in [3.63, 3.8) is 0 Å². The molecule has 0 bridgehead atoms. The number of terminal acetylenes is 1. The van der Waals surface area contributed by atoms with E-state index in [1.54, 1.807) is 0 Å². The number of ether oxygens (including phenoxy) is 2. The summed E-state index contributed by atoms with van der Waals surface area (Å²) in [4.78, 5) is 37.1. The van der Waals surface area contributed by atoms with Crippen molar-refractivity contribution >= 4 is 18.0 Å². The zero-order valence-electron chi connectivity index (χ0n) is 19.3. The second kappa shape index (κ2) is 10.6.